The van der Waals surface area contributed by atoms with Gasteiger partial charge in [-0.1, -0.05) is 32.9 Å². The largest absolute Gasteiger partial charge is 0.491 e. The number of alkyl carbamates (subject to hydrolysis) is 1. The predicted octanol–water partition coefficient (Wildman–Crippen LogP) is 4.98. The molecule has 0 saturated carbocycles. The van der Waals surface area contributed by atoms with E-state index in [2.05, 4.69) is 44.5 Å². The molecule has 0 aliphatic carbocycles. The smallest absolute Gasteiger partial charge is 0.407 e. The first-order chi connectivity index (χ1) is 16.9. The zero-order valence-electron chi connectivity index (χ0n) is 23.2. The number of amides is 2. The molecule has 37 heavy (non-hydrogen) atoms. The quantitative estimate of drug-likeness (QED) is 0.104. The Hall–Kier alpha value is -3.12. The molecule has 0 aromatic heterocycles. The number of anilines is 1. The van der Waals surface area contributed by atoms with Gasteiger partial charge in [-0.25, -0.2) is 4.79 Å². The number of nitro groups is 1. The number of nitrogens with one attached hydrogen (secondary N) is 2. The Morgan fingerprint density at radius 2 is 1.70 bits per heavy atom. The van der Waals surface area contributed by atoms with Crippen LogP contribution in [0.3, 0.4) is 0 Å². The van der Waals surface area contributed by atoms with E-state index < -0.39 is 30.8 Å². The normalized spacial score (nSPS) is 12.3. The van der Waals surface area contributed by atoms with Gasteiger partial charge >= 0.3 is 6.09 Å². The summed E-state index contributed by atoms with van der Waals surface area (Å²) in [6.45, 7) is 17.2. The number of ether oxygens (including phenoxy) is 2. The Morgan fingerprint density at radius 1 is 1.08 bits per heavy atom. The Kier molecular flexibility index (Phi) is 11.6. The predicted molar refractivity (Wildman–Crippen MR) is 147 cm³/mol. The van der Waals surface area contributed by atoms with Gasteiger partial charge in [-0.15, -0.1) is 0 Å². The molecule has 0 aliphatic rings. The number of nitrogens with zero attached hydrogens (tertiary/aromatic N) is 1. The molecule has 0 unspecified atom stereocenters. The molecular formula is C25H42N4O7Si. The van der Waals surface area contributed by atoms with Gasteiger partial charge in [0.1, 0.15) is 11.4 Å². The number of primary amides is 1. The van der Waals surface area contributed by atoms with E-state index in [0.29, 0.717) is 13.0 Å². The van der Waals surface area contributed by atoms with Crippen LogP contribution in [0.5, 0.6) is 5.75 Å². The second kappa shape index (κ2) is 13.4. The van der Waals surface area contributed by atoms with Gasteiger partial charge in [0, 0.05) is 37.7 Å². The molecule has 12 heteroatoms. The Morgan fingerprint density at radius 3 is 2.24 bits per heavy atom. The third-order valence-corrected chi connectivity index (χ3v) is 10.2. The molecule has 4 N–H and O–H groups in total. The molecule has 0 fully saturated rings. The highest BCUT2D eigenvalue weighted by molar-refractivity contribution is 6.74. The van der Waals surface area contributed by atoms with Crippen molar-refractivity contribution in [1.29, 1.82) is 0 Å². The van der Waals surface area contributed by atoms with Crippen LogP contribution in [0.4, 0.5) is 16.2 Å². The molecule has 0 radical (unpaired) electrons. The SMILES string of the molecule is CC(C)(C)OC(=O)NC/C=C/CNc1c(OCCCO[Si](C)(C)C(C)(C)C)cc(C(N)=O)cc1[N+](=O)[O-]. The van der Waals surface area contributed by atoms with E-state index in [-0.39, 0.29) is 47.4 Å². The van der Waals surface area contributed by atoms with Crippen molar-refractivity contribution in [2.24, 2.45) is 5.73 Å². The van der Waals surface area contributed by atoms with Crippen LogP contribution in [0.2, 0.25) is 18.1 Å². The lowest BCUT2D eigenvalue weighted by Gasteiger charge is -2.36. The first kappa shape index (κ1) is 31.9. The van der Waals surface area contributed by atoms with Crippen molar-refractivity contribution in [3.05, 3.63) is 40.0 Å². The molecule has 0 atom stereocenters. The maximum absolute atomic E-state index is 11.7. The minimum absolute atomic E-state index is 0.0260. The molecule has 0 bridgehead atoms. The van der Waals surface area contributed by atoms with Crippen LogP contribution in [-0.4, -0.2) is 57.1 Å². The zero-order valence-corrected chi connectivity index (χ0v) is 24.2. The standard InChI is InChI=1S/C25H42N4O7Si/c1-24(2,3)36-23(31)28-13-10-9-12-27-21-19(29(32)33)16-18(22(26)30)17-20(21)34-14-11-15-35-37(7,8)25(4,5)6/h9-10,16-17,27H,11-15H2,1-8H3,(H2,26,30)(H,28,31)/b10-9+. The topological polar surface area (TPSA) is 155 Å². The fourth-order valence-electron chi connectivity index (χ4n) is 2.75. The number of carbonyl (C=O) groups is 2. The fourth-order valence-corrected chi connectivity index (χ4v) is 3.84. The first-order valence-electron chi connectivity index (χ1n) is 12.2. The van der Waals surface area contributed by atoms with E-state index in [1.54, 1.807) is 32.9 Å². The van der Waals surface area contributed by atoms with Gasteiger partial charge in [-0.3, -0.25) is 14.9 Å². The highest BCUT2D eigenvalue weighted by Crippen LogP contribution is 2.37. The molecule has 1 aromatic carbocycles. The summed E-state index contributed by atoms with van der Waals surface area (Å²) in [5, 5.41) is 17.4. The molecule has 0 spiro atoms. The highest BCUT2D eigenvalue weighted by Gasteiger charge is 2.36. The van der Waals surface area contributed by atoms with Crippen LogP contribution in [-0.2, 0) is 9.16 Å². The van der Waals surface area contributed by atoms with Crippen molar-refractivity contribution in [3.8, 4) is 5.75 Å². The van der Waals surface area contributed by atoms with Gasteiger partial charge in [0.25, 0.3) is 5.69 Å². The lowest BCUT2D eigenvalue weighted by molar-refractivity contribution is -0.384. The van der Waals surface area contributed by atoms with Crippen molar-refractivity contribution in [2.75, 3.05) is 31.6 Å². The zero-order chi connectivity index (χ0) is 28.4. The highest BCUT2D eigenvalue weighted by atomic mass is 28.4. The lowest BCUT2D eigenvalue weighted by atomic mass is 10.1. The van der Waals surface area contributed by atoms with Gasteiger partial charge in [0.05, 0.1) is 11.5 Å². The van der Waals surface area contributed by atoms with E-state index >= 15 is 0 Å². The number of hydrogen-bond acceptors (Lipinski definition) is 8. The molecule has 1 rings (SSSR count). The second-order valence-electron chi connectivity index (χ2n) is 11.0. The second-order valence-corrected chi connectivity index (χ2v) is 15.8. The molecule has 0 saturated heterocycles. The van der Waals surface area contributed by atoms with E-state index in [0.717, 1.165) is 6.07 Å². The van der Waals surface area contributed by atoms with Crippen molar-refractivity contribution in [2.45, 2.75) is 71.7 Å². The van der Waals surface area contributed by atoms with Crippen LogP contribution in [0.1, 0.15) is 58.3 Å². The van der Waals surface area contributed by atoms with Gasteiger partial charge < -0.3 is 30.3 Å². The average molecular weight is 539 g/mol. The van der Waals surface area contributed by atoms with Crippen molar-refractivity contribution in [1.82, 2.24) is 5.32 Å². The van der Waals surface area contributed by atoms with Gasteiger partial charge in [0.2, 0.25) is 5.91 Å². The van der Waals surface area contributed by atoms with Crippen molar-refractivity contribution < 1.29 is 28.4 Å². The number of nitrogens with two attached hydrogens (primary N) is 1. The lowest BCUT2D eigenvalue weighted by Crippen LogP contribution is -2.41. The Labute approximate surface area is 220 Å². The number of carbonyl (C=O) groups excluding carboxylic acids is 2. The Bertz CT molecular complexity index is 982. The molecule has 0 aliphatic heterocycles. The summed E-state index contributed by atoms with van der Waals surface area (Å²) >= 11 is 0. The molecular weight excluding hydrogens is 496 g/mol. The molecule has 2 amide bonds. The van der Waals surface area contributed by atoms with E-state index in [9.17, 15) is 19.7 Å². The molecule has 1 aromatic rings. The fraction of sp³-hybridized carbons (Fsp3) is 0.600. The minimum atomic E-state index is -1.90. The van der Waals surface area contributed by atoms with Crippen LogP contribution in [0.15, 0.2) is 24.3 Å². The van der Waals surface area contributed by atoms with Gasteiger partial charge in [0.15, 0.2) is 14.0 Å². The number of hydrogen-bond donors (Lipinski definition) is 3. The van der Waals surface area contributed by atoms with Crippen LogP contribution >= 0.6 is 0 Å². The van der Waals surface area contributed by atoms with E-state index in [4.69, 9.17) is 19.6 Å². The number of rotatable bonds is 13. The van der Waals surface area contributed by atoms with Crippen LogP contribution in [0, 0.1) is 10.1 Å². The minimum Gasteiger partial charge on any atom is -0.491 e. The third-order valence-electron chi connectivity index (χ3n) is 5.70. The van der Waals surface area contributed by atoms with Gasteiger partial charge in [-0.05, 0) is 45.0 Å². The summed E-state index contributed by atoms with van der Waals surface area (Å²) in [5.41, 5.74) is 4.55. The van der Waals surface area contributed by atoms with Crippen LogP contribution < -0.4 is 21.1 Å². The summed E-state index contributed by atoms with van der Waals surface area (Å²) < 4.78 is 17.1. The average Bonchev–Trinajstić information content (AvgIpc) is 2.73. The Balaban J connectivity index is 2.87. The summed E-state index contributed by atoms with van der Waals surface area (Å²) in [7, 11) is -1.90. The molecule has 11 nitrogen and oxygen atoms in total. The summed E-state index contributed by atoms with van der Waals surface area (Å²) in [6, 6.07) is 2.51. The van der Waals surface area contributed by atoms with E-state index in [1.165, 1.54) is 6.07 Å². The van der Waals surface area contributed by atoms with Crippen molar-refractivity contribution >= 4 is 31.7 Å². The van der Waals surface area contributed by atoms with Crippen molar-refractivity contribution in [3.63, 3.8) is 0 Å². The maximum atomic E-state index is 11.7. The number of benzene rings is 1. The monoisotopic (exact) mass is 538 g/mol. The first-order valence-corrected chi connectivity index (χ1v) is 15.1. The third kappa shape index (κ3) is 11.2. The van der Waals surface area contributed by atoms with E-state index in [1.807, 2.05) is 0 Å². The molecule has 208 valence electrons. The summed E-state index contributed by atoms with van der Waals surface area (Å²) in [5.74, 6) is -0.649. The summed E-state index contributed by atoms with van der Waals surface area (Å²) in [4.78, 5) is 34.6. The van der Waals surface area contributed by atoms with Gasteiger partial charge in [-0.2, -0.15) is 0 Å². The van der Waals surface area contributed by atoms with Crippen LogP contribution in [0.25, 0.3) is 0 Å². The summed E-state index contributed by atoms with van der Waals surface area (Å²) in [6.07, 6.45) is 3.40. The molecule has 0 heterocycles. The number of nitro benzene ring substituents is 1. The maximum Gasteiger partial charge on any atom is 0.407 e.